The van der Waals surface area contributed by atoms with E-state index in [1.54, 1.807) is 6.92 Å². The molecule has 0 fully saturated rings. The van der Waals surface area contributed by atoms with Crippen molar-refractivity contribution in [3.05, 3.63) is 0 Å². The molecule has 0 saturated carbocycles. The van der Waals surface area contributed by atoms with Crippen LogP contribution < -0.4 is 0 Å². The van der Waals surface area contributed by atoms with E-state index in [1.165, 1.54) is 0 Å². The van der Waals surface area contributed by atoms with Crippen LogP contribution in [0.3, 0.4) is 0 Å². The van der Waals surface area contributed by atoms with Crippen LogP contribution in [0.1, 0.15) is 46.0 Å². The van der Waals surface area contributed by atoms with Crippen LogP contribution in [0, 0.1) is 11.8 Å². The minimum atomic E-state index is -2.15. The van der Waals surface area contributed by atoms with Crippen molar-refractivity contribution in [1.29, 1.82) is 0 Å². The second-order valence-electron chi connectivity index (χ2n) is 3.33. The Hall–Kier alpha value is -1.04. The molecule has 0 aromatic rings. The molecule has 80 valence electrons. The van der Waals surface area contributed by atoms with E-state index in [-0.39, 0.29) is 12.8 Å². The van der Waals surface area contributed by atoms with Crippen LogP contribution in [0.5, 0.6) is 0 Å². The Bertz CT molecular complexity index is 239. The quantitative estimate of drug-likeness (QED) is 0.528. The number of halogens is 1. The molecule has 0 amide bonds. The van der Waals surface area contributed by atoms with E-state index in [1.807, 2.05) is 6.92 Å². The normalized spacial score (nSPS) is 13.9. The molecule has 1 N–H and O–H groups in total. The predicted molar refractivity (Wildman–Crippen MR) is 53.7 cm³/mol. The summed E-state index contributed by atoms with van der Waals surface area (Å²) in [5.41, 5.74) is -2.15. The van der Waals surface area contributed by atoms with Gasteiger partial charge in [0.25, 0.3) is 0 Å². The zero-order chi connectivity index (χ0) is 11.0. The molecule has 2 nitrogen and oxygen atoms in total. The third kappa shape index (κ3) is 4.27. The highest BCUT2D eigenvalue weighted by molar-refractivity contribution is 5.77. The first kappa shape index (κ1) is 13.0. The van der Waals surface area contributed by atoms with E-state index in [4.69, 9.17) is 5.11 Å². The van der Waals surface area contributed by atoms with Gasteiger partial charge < -0.3 is 5.11 Å². The Balaban J connectivity index is 4.22. The summed E-state index contributed by atoms with van der Waals surface area (Å²) in [4.78, 5) is 10.7. The van der Waals surface area contributed by atoms with E-state index in [0.717, 1.165) is 12.8 Å². The number of carbonyl (C=O) groups is 1. The largest absolute Gasteiger partial charge is 0.479 e. The van der Waals surface area contributed by atoms with Crippen molar-refractivity contribution in [2.24, 2.45) is 0 Å². The van der Waals surface area contributed by atoms with Crippen LogP contribution in [0.15, 0.2) is 0 Å². The first-order valence-corrected chi connectivity index (χ1v) is 4.88. The number of aliphatic carboxylic acids is 1. The maximum absolute atomic E-state index is 13.7. The van der Waals surface area contributed by atoms with Gasteiger partial charge >= 0.3 is 5.97 Å². The second-order valence-corrected chi connectivity index (χ2v) is 3.33. The van der Waals surface area contributed by atoms with Crippen LogP contribution in [0.4, 0.5) is 4.39 Å². The molecule has 0 aliphatic rings. The zero-order valence-corrected chi connectivity index (χ0v) is 8.77. The standard InChI is InChI=1S/C11H17FO2/c1-3-5-7-9-11(12,10(13)14)8-6-4-2/h3,5,7-9H2,1-2H3,(H,13,14). The molecule has 0 saturated heterocycles. The van der Waals surface area contributed by atoms with Crippen LogP contribution in [0.2, 0.25) is 0 Å². The lowest BCUT2D eigenvalue weighted by Gasteiger charge is -2.17. The smallest absolute Gasteiger partial charge is 0.342 e. The van der Waals surface area contributed by atoms with Gasteiger partial charge in [0, 0.05) is 0 Å². The average molecular weight is 200 g/mol. The van der Waals surface area contributed by atoms with Gasteiger partial charge in [-0.2, -0.15) is 0 Å². The zero-order valence-electron chi connectivity index (χ0n) is 8.77. The van der Waals surface area contributed by atoms with Crippen molar-refractivity contribution in [3.8, 4) is 11.8 Å². The minimum Gasteiger partial charge on any atom is -0.479 e. The fourth-order valence-electron chi connectivity index (χ4n) is 1.15. The number of alkyl halides is 1. The molecule has 3 heteroatoms. The van der Waals surface area contributed by atoms with Gasteiger partial charge in [-0.1, -0.05) is 25.7 Å². The summed E-state index contributed by atoms with van der Waals surface area (Å²) < 4.78 is 13.7. The molecule has 0 aliphatic carbocycles. The van der Waals surface area contributed by atoms with E-state index < -0.39 is 11.6 Å². The fourth-order valence-corrected chi connectivity index (χ4v) is 1.15. The third-order valence-corrected chi connectivity index (χ3v) is 2.11. The maximum Gasteiger partial charge on any atom is 0.342 e. The summed E-state index contributed by atoms with van der Waals surface area (Å²) in [5, 5.41) is 8.72. The van der Waals surface area contributed by atoms with Crippen molar-refractivity contribution in [3.63, 3.8) is 0 Å². The lowest BCUT2D eigenvalue weighted by molar-refractivity contribution is -0.151. The second kappa shape index (κ2) is 6.42. The summed E-state index contributed by atoms with van der Waals surface area (Å²) in [6.07, 6.45) is 2.27. The summed E-state index contributed by atoms with van der Waals surface area (Å²) in [7, 11) is 0. The van der Waals surface area contributed by atoms with Crippen molar-refractivity contribution < 1.29 is 14.3 Å². The molecule has 0 aliphatic heterocycles. The summed E-state index contributed by atoms with van der Waals surface area (Å²) in [6, 6.07) is 0. The molecule has 0 spiro atoms. The highest BCUT2D eigenvalue weighted by atomic mass is 19.1. The van der Waals surface area contributed by atoms with E-state index >= 15 is 0 Å². The first-order valence-electron chi connectivity index (χ1n) is 4.88. The molecule has 0 aromatic heterocycles. The average Bonchev–Trinajstić information content (AvgIpc) is 2.15. The molecule has 0 radical (unpaired) electrons. The summed E-state index contributed by atoms with van der Waals surface area (Å²) in [5.74, 6) is 3.61. The molecule has 0 bridgehead atoms. The Kier molecular flexibility index (Phi) is 5.94. The highest BCUT2D eigenvalue weighted by Gasteiger charge is 2.37. The maximum atomic E-state index is 13.7. The van der Waals surface area contributed by atoms with Gasteiger partial charge in [-0.3, -0.25) is 0 Å². The Labute approximate surface area is 84.5 Å². The lowest BCUT2D eigenvalue weighted by Crippen LogP contribution is -2.33. The van der Waals surface area contributed by atoms with Crippen molar-refractivity contribution in [2.45, 2.75) is 51.6 Å². The number of hydrogen-bond donors (Lipinski definition) is 1. The van der Waals surface area contributed by atoms with Gasteiger partial charge in [0.1, 0.15) is 0 Å². The summed E-state index contributed by atoms with van der Waals surface area (Å²) >= 11 is 0. The number of carboxylic acids is 1. The van der Waals surface area contributed by atoms with Gasteiger partial charge in [-0.25, -0.2) is 9.18 Å². The lowest BCUT2D eigenvalue weighted by atomic mass is 9.95. The molecule has 0 aromatic carbocycles. The van der Waals surface area contributed by atoms with Gasteiger partial charge in [0.2, 0.25) is 5.67 Å². The first-order chi connectivity index (χ1) is 6.56. The third-order valence-electron chi connectivity index (χ3n) is 2.11. The van der Waals surface area contributed by atoms with Crippen molar-refractivity contribution in [2.75, 3.05) is 0 Å². The van der Waals surface area contributed by atoms with Crippen LogP contribution in [-0.4, -0.2) is 16.7 Å². The monoisotopic (exact) mass is 200 g/mol. The number of hydrogen-bond acceptors (Lipinski definition) is 1. The van der Waals surface area contributed by atoms with Gasteiger partial charge in [-0.15, -0.1) is 5.92 Å². The molecule has 0 rings (SSSR count). The van der Waals surface area contributed by atoms with Crippen LogP contribution in [-0.2, 0) is 4.79 Å². The van der Waals surface area contributed by atoms with Gasteiger partial charge in [0.15, 0.2) is 0 Å². The SMILES string of the molecule is CC#CCC(F)(CCCCC)C(=O)O. The van der Waals surface area contributed by atoms with Gasteiger partial charge in [0.05, 0.1) is 6.42 Å². The molecule has 14 heavy (non-hydrogen) atoms. The van der Waals surface area contributed by atoms with Crippen molar-refractivity contribution in [1.82, 2.24) is 0 Å². The number of carboxylic acid groups (broad SMARTS) is 1. The Morgan fingerprint density at radius 2 is 2.14 bits per heavy atom. The van der Waals surface area contributed by atoms with E-state index in [2.05, 4.69) is 11.8 Å². The highest BCUT2D eigenvalue weighted by Crippen LogP contribution is 2.24. The van der Waals surface area contributed by atoms with Crippen LogP contribution in [0.25, 0.3) is 0 Å². The van der Waals surface area contributed by atoms with E-state index in [9.17, 15) is 9.18 Å². The Morgan fingerprint density at radius 3 is 2.57 bits per heavy atom. The van der Waals surface area contributed by atoms with Gasteiger partial charge in [-0.05, 0) is 19.8 Å². The van der Waals surface area contributed by atoms with E-state index in [0.29, 0.717) is 6.42 Å². The molecular formula is C11H17FO2. The molecular weight excluding hydrogens is 183 g/mol. The molecule has 1 unspecified atom stereocenters. The van der Waals surface area contributed by atoms with Crippen molar-refractivity contribution >= 4 is 5.97 Å². The number of rotatable bonds is 6. The topological polar surface area (TPSA) is 37.3 Å². The molecule has 1 atom stereocenters. The number of unbranched alkanes of at least 4 members (excludes halogenated alkanes) is 2. The minimum absolute atomic E-state index is 0.0604. The summed E-state index contributed by atoms with van der Waals surface area (Å²) in [6.45, 7) is 3.57. The Morgan fingerprint density at radius 1 is 1.50 bits per heavy atom. The molecule has 0 heterocycles. The fraction of sp³-hybridized carbons (Fsp3) is 0.727. The van der Waals surface area contributed by atoms with Crippen LogP contribution >= 0.6 is 0 Å². The predicted octanol–water partition coefficient (Wildman–Crippen LogP) is 2.77.